The van der Waals surface area contributed by atoms with Gasteiger partial charge in [0.1, 0.15) is 5.75 Å². The summed E-state index contributed by atoms with van der Waals surface area (Å²) in [6.45, 7) is 3.58. The van der Waals surface area contributed by atoms with Gasteiger partial charge in [0, 0.05) is 44.1 Å². The van der Waals surface area contributed by atoms with Gasteiger partial charge < -0.3 is 10.1 Å². The summed E-state index contributed by atoms with van der Waals surface area (Å²) in [5.41, 5.74) is 5.12. The number of methoxy groups -OCH3 is 1. The maximum Gasteiger partial charge on any atom is 0.222 e. The van der Waals surface area contributed by atoms with Gasteiger partial charge in [0.15, 0.2) is 0 Å². The molecule has 0 spiro atoms. The number of hydrogen-bond acceptors (Lipinski definition) is 5. The standard InChI is InChI=1S/C22H24N4O/c1-27-21-8-7-20-16-26(10-9-19(20)11-21)15-18-13-24-22(25-14-18)23-12-17-5-3-2-4-6-17/h2-8,11,13-14H,9-10,12,15-16H2,1H3,(H,23,24,25). The first-order valence-corrected chi connectivity index (χ1v) is 9.27. The molecule has 27 heavy (non-hydrogen) atoms. The Morgan fingerprint density at radius 1 is 1.00 bits per heavy atom. The van der Waals surface area contributed by atoms with E-state index in [9.17, 15) is 0 Å². The third kappa shape index (κ3) is 4.44. The molecule has 1 N–H and O–H groups in total. The van der Waals surface area contributed by atoms with Crippen molar-refractivity contribution >= 4 is 5.95 Å². The number of nitrogens with one attached hydrogen (secondary N) is 1. The Kier molecular flexibility index (Phi) is 5.30. The van der Waals surface area contributed by atoms with Gasteiger partial charge in [-0.15, -0.1) is 0 Å². The molecule has 3 aromatic rings. The van der Waals surface area contributed by atoms with Crippen molar-refractivity contribution in [1.82, 2.24) is 14.9 Å². The van der Waals surface area contributed by atoms with Gasteiger partial charge in [-0.05, 0) is 35.2 Å². The maximum absolute atomic E-state index is 5.33. The van der Waals surface area contributed by atoms with Crippen molar-refractivity contribution < 1.29 is 4.74 Å². The zero-order valence-electron chi connectivity index (χ0n) is 15.6. The summed E-state index contributed by atoms with van der Waals surface area (Å²) in [4.78, 5) is 11.4. The second-order valence-corrected chi connectivity index (χ2v) is 6.85. The summed E-state index contributed by atoms with van der Waals surface area (Å²) in [7, 11) is 1.72. The minimum atomic E-state index is 0.665. The lowest BCUT2D eigenvalue weighted by Crippen LogP contribution is -2.30. The van der Waals surface area contributed by atoms with Gasteiger partial charge in [-0.2, -0.15) is 0 Å². The molecule has 0 radical (unpaired) electrons. The molecule has 1 aromatic heterocycles. The lowest BCUT2D eigenvalue weighted by molar-refractivity contribution is 0.244. The van der Waals surface area contributed by atoms with Crippen LogP contribution < -0.4 is 10.1 Å². The van der Waals surface area contributed by atoms with Crippen molar-refractivity contribution in [2.24, 2.45) is 0 Å². The van der Waals surface area contributed by atoms with Crippen LogP contribution in [-0.2, 0) is 26.1 Å². The summed E-state index contributed by atoms with van der Waals surface area (Å²) in [6.07, 6.45) is 4.89. The van der Waals surface area contributed by atoms with Crippen LogP contribution in [0.1, 0.15) is 22.3 Å². The average molecular weight is 360 g/mol. The second-order valence-electron chi connectivity index (χ2n) is 6.85. The number of ether oxygens (including phenoxy) is 1. The fraction of sp³-hybridized carbons (Fsp3) is 0.273. The van der Waals surface area contributed by atoms with Gasteiger partial charge in [-0.1, -0.05) is 36.4 Å². The van der Waals surface area contributed by atoms with E-state index in [1.165, 1.54) is 16.7 Å². The molecule has 5 nitrogen and oxygen atoms in total. The number of nitrogens with zero attached hydrogens (tertiary/aromatic N) is 3. The minimum absolute atomic E-state index is 0.665. The second kappa shape index (κ2) is 8.18. The normalized spacial score (nSPS) is 13.8. The molecule has 1 aliphatic rings. The highest BCUT2D eigenvalue weighted by Gasteiger charge is 2.17. The molecule has 1 aliphatic heterocycles. The lowest BCUT2D eigenvalue weighted by Gasteiger charge is -2.28. The Bertz CT molecular complexity index is 881. The summed E-state index contributed by atoms with van der Waals surface area (Å²) >= 11 is 0. The number of fused-ring (bicyclic) bond motifs is 1. The Hall–Kier alpha value is -2.92. The topological polar surface area (TPSA) is 50.3 Å². The molecule has 5 heteroatoms. The number of anilines is 1. The minimum Gasteiger partial charge on any atom is -0.497 e. The van der Waals surface area contributed by atoms with Gasteiger partial charge in [0.25, 0.3) is 0 Å². The molecule has 0 amide bonds. The van der Waals surface area contributed by atoms with Crippen molar-refractivity contribution in [3.05, 3.63) is 83.2 Å². The highest BCUT2D eigenvalue weighted by atomic mass is 16.5. The molecule has 2 aromatic carbocycles. The molecule has 0 aliphatic carbocycles. The molecule has 0 fully saturated rings. The van der Waals surface area contributed by atoms with Crippen LogP contribution in [-0.4, -0.2) is 28.5 Å². The highest BCUT2D eigenvalue weighted by Crippen LogP contribution is 2.24. The van der Waals surface area contributed by atoms with Crippen LogP contribution in [0.4, 0.5) is 5.95 Å². The van der Waals surface area contributed by atoms with Crippen molar-refractivity contribution in [2.45, 2.75) is 26.1 Å². The zero-order valence-corrected chi connectivity index (χ0v) is 15.6. The van der Waals surface area contributed by atoms with Crippen LogP contribution >= 0.6 is 0 Å². The van der Waals surface area contributed by atoms with E-state index in [1.807, 2.05) is 36.7 Å². The highest BCUT2D eigenvalue weighted by molar-refractivity contribution is 5.37. The van der Waals surface area contributed by atoms with Gasteiger partial charge in [0.05, 0.1) is 7.11 Å². The molecular weight excluding hydrogens is 336 g/mol. The predicted octanol–water partition coefficient (Wildman–Crippen LogP) is 3.66. The summed E-state index contributed by atoms with van der Waals surface area (Å²) < 4.78 is 5.33. The summed E-state index contributed by atoms with van der Waals surface area (Å²) in [6, 6.07) is 16.6. The summed E-state index contributed by atoms with van der Waals surface area (Å²) in [5, 5.41) is 3.27. The Morgan fingerprint density at radius 2 is 1.81 bits per heavy atom. The van der Waals surface area contributed by atoms with Crippen molar-refractivity contribution in [2.75, 3.05) is 19.0 Å². The van der Waals surface area contributed by atoms with E-state index in [-0.39, 0.29) is 0 Å². The van der Waals surface area contributed by atoms with E-state index < -0.39 is 0 Å². The average Bonchev–Trinajstić information content (AvgIpc) is 2.73. The van der Waals surface area contributed by atoms with E-state index in [1.54, 1.807) is 7.11 Å². The molecule has 0 saturated carbocycles. The number of hydrogen-bond donors (Lipinski definition) is 1. The van der Waals surface area contributed by atoms with E-state index in [0.29, 0.717) is 5.95 Å². The van der Waals surface area contributed by atoms with Crippen molar-refractivity contribution in [3.8, 4) is 5.75 Å². The fourth-order valence-electron chi connectivity index (χ4n) is 3.41. The first kappa shape index (κ1) is 17.5. The smallest absolute Gasteiger partial charge is 0.222 e. The van der Waals surface area contributed by atoms with Crippen LogP contribution in [0, 0.1) is 0 Å². The molecule has 0 saturated heterocycles. The van der Waals surface area contributed by atoms with E-state index in [0.717, 1.165) is 43.9 Å². The fourth-order valence-corrected chi connectivity index (χ4v) is 3.41. The molecule has 0 atom stereocenters. The first-order chi connectivity index (χ1) is 13.3. The Morgan fingerprint density at radius 3 is 2.59 bits per heavy atom. The maximum atomic E-state index is 5.33. The SMILES string of the molecule is COc1ccc2c(c1)CCN(Cc1cnc(NCc3ccccc3)nc1)C2. The predicted molar refractivity (Wildman–Crippen MR) is 107 cm³/mol. The number of aromatic nitrogens is 2. The van der Waals surface area contributed by atoms with E-state index in [4.69, 9.17) is 4.74 Å². The third-order valence-corrected chi connectivity index (χ3v) is 4.91. The molecular formula is C22H24N4O. The molecule has 0 bridgehead atoms. The van der Waals surface area contributed by atoms with Crippen molar-refractivity contribution in [3.63, 3.8) is 0 Å². The third-order valence-electron chi connectivity index (χ3n) is 4.91. The van der Waals surface area contributed by atoms with E-state index >= 15 is 0 Å². The first-order valence-electron chi connectivity index (χ1n) is 9.27. The monoisotopic (exact) mass is 360 g/mol. The molecule has 2 heterocycles. The van der Waals surface area contributed by atoms with Crippen LogP contribution in [0.3, 0.4) is 0 Å². The van der Waals surface area contributed by atoms with Crippen LogP contribution in [0.5, 0.6) is 5.75 Å². The van der Waals surface area contributed by atoms with Gasteiger partial charge in [0.2, 0.25) is 5.95 Å². The van der Waals surface area contributed by atoms with Crippen LogP contribution in [0.25, 0.3) is 0 Å². The van der Waals surface area contributed by atoms with Gasteiger partial charge in [-0.3, -0.25) is 4.90 Å². The number of benzene rings is 2. The zero-order chi connectivity index (χ0) is 18.5. The summed E-state index contributed by atoms with van der Waals surface area (Å²) in [5.74, 6) is 1.60. The van der Waals surface area contributed by atoms with Gasteiger partial charge in [-0.25, -0.2) is 9.97 Å². The largest absolute Gasteiger partial charge is 0.497 e. The number of rotatable bonds is 6. The quantitative estimate of drug-likeness (QED) is 0.727. The molecule has 4 rings (SSSR count). The Labute approximate surface area is 160 Å². The van der Waals surface area contributed by atoms with Crippen molar-refractivity contribution in [1.29, 1.82) is 0 Å². The van der Waals surface area contributed by atoms with Crippen LogP contribution in [0.15, 0.2) is 60.9 Å². The molecule has 0 unspecified atom stereocenters. The Balaban J connectivity index is 1.33. The van der Waals surface area contributed by atoms with E-state index in [2.05, 4.69) is 44.5 Å². The van der Waals surface area contributed by atoms with Crippen LogP contribution in [0.2, 0.25) is 0 Å². The van der Waals surface area contributed by atoms with Gasteiger partial charge >= 0.3 is 0 Å². The lowest BCUT2D eigenvalue weighted by atomic mass is 9.99. The molecule has 138 valence electrons.